The molecule has 1 saturated carbocycles. The highest BCUT2D eigenvalue weighted by atomic mass is 15.2. The first kappa shape index (κ1) is 12.3. The summed E-state index contributed by atoms with van der Waals surface area (Å²) in [5.74, 6) is 0.933. The molecule has 1 N–H and O–H groups in total. The van der Waals surface area contributed by atoms with E-state index in [0.717, 1.165) is 31.1 Å². The standard InChI is InChI=1S/C17H21N3/c1-2-4-16-13(3-1)7-8-15(19-16)11-20-10-9-18-17(12-20)14-5-6-14/h1-4,7-8,14,17-18H,5-6,9-12H2. The minimum Gasteiger partial charge on any atom is -0.311 e. The third kappa shape index (κ3) is 2.56. The van der Waals surface area contributed by atoms with Gasteiger partial charge in [0.15, 0.2) is 0 Å². The zero-order valence-electron chi connectivity index (χ0n) is 11.8. The molecule has 0 spiro atoms. The molecular weight excluding hydrogens is 246 g/mol. The van der Waals surface area contributed by atoms with Crippen LogP contribution in [0.3, 0.4) is 0 Å². The van der Waals surface area contributed by atoms with Crippen LogP contribution in [0.2, 0.25) is 0 Å². The predicted molar refractivity (Wildman–Crippen MR) is 81.5 cm³/mol. The predicted octanol–water partition coefficient (Wildman–Crippen LogP) is 2.42. The van der Waals surface area contributed by atoms with Gasteiger partial charge in [0.05, 0.1) is 11.2 Å². The number of nitrogens with zero attached hydrogens (tertiary/aromatic N) is 2. The van der Waals surface area contributed by atoms with Crippen molar-refractivity contribution >= 4 is 10.9 Å². The van der Waals surface area contributed by atoms with E-state index in [1.165, 1.54) is 30.5 Å². The maximum Gasteiger partial charge on any atom is 0.0705 e. The van der Waals surface area contributed by atoms with Gasteiger partial charge < -0.3 is 5.32 Å². The lowest BCUT2D eigenvalue weighted by Gasteiger charge is -2.33. The zero-order valence-corrected chi connectivity index (χ0v) is 11.8. The zero-order chi connectivity index (χ0) is 13.4. The summed E-state index contributed by atoms with van der Waals surface area (Å²) in [5.41, 5.74) is 2.30. The molecule has 0 amide bonds. The Morgan fingerprint density at radius 3 is 2.95 bits per heavy atom. The first-order valence-corrected chi connectivity index (χ1v) is 7.69. The monoisotopic (exact) mass is 267 g/mol. The van der Waals surface area contributed by atoms with Gasteiger partial charge in [-0.25, -0.2) is 0 Å². The number of rotatable bonds is 3. The molecule has 3 nitrogen and oxygen atoms in total. The van der Waals surface area contributed by atoms with E-state index in [-0.39, 0.29) is 0 Å². The molecule has 1 aromatic carbocycles. The second kappa shape index (κ2) is 5.15. The molecular formula is C17H21N3. The van der Waals surface area contributed by atoms with E-state index >= 15 is 0 Å². The number of pyridine rings is 1. The van der Waals surface area contributed by atoms with Crippen LogP contribution in [-0.4, -0.2) is 35.6 Å². The van der Waals surface area contributed by atoms with E-state index in [9.17, 15) is 0 Å². The second-order valence-corrected chi connectivity index (χ2v) is 6.13. The summed E-state index contributed by atoms with van der Waals surface area (Å²) in [5, 5.41) is 4.89. The molecule has 2 heterocycles. The van der Waals surface area contributed by atoms with Crippen LogP contribution in [0.5, 0.6) is 0 Å². The molecule has 4 rings (SSSR count). The second-order valence-electron chi connectivity index (χ2n) is 6.13. The van der Waals surface area contributed by atoms with Crippen molar-refractivity contribution in [2.24, 2.45) is 5.92 Å². The van der Waals surface area contributed by atoms with Crippen molar-refractivity contribution < 1.29 is 0 Å². The molecule has 1 aliphatic carbocycles. The number of piperazine rings is 1. The summed E-state index contributed by atoms with van der Waals surface area (Å²) in [7, 11) is 0. The van der Waals surface area contributed by atoms with E-state index in [1.54, 1.807) is 0 Å². The summed E-state index contributed by atoms with van der Waals surface area (Å²) in [6.07, 6.45) is 2.83. The smallest absolute Gasteiger partial charge is 0.0705 e. The average Bonchev–Trinajstić information content (AvgIpc) is 3.32. The van der Waals surface area contributed by atoms with Gasteiger partial charge in [-0.3, -0.25) is 9.88 Å². The average molecular weight is 267 g/mol. The SMILES string of the molecule is c1ccc2nc(CN3CCNC(C4CC4)C3)ccc2c1. The van der Waals surface area contributed by atoms with Crippen LogP contribution in [0.4, 0.5) is 0 Å². The molecule has 0 bridgehead atoms. The molecule has 20 heavy (non-hydrogen) atoms. The van der Waals surface area contributed by atoms with Crippen molar-refractivity contribution in [3.8, 4) is 0 Å². The topological polar surface area (TPSA) is 28.2 Å². The highest BCUT2D eigenvalue weighted by molar-refractivity contribution is 5.78. The van der Waals surface area contributed by atoms with Crippen LogP contribution in [0.15, 0.2) is 36.4 Å². The molecule has 1 saturated heterocycles. The summed E-state index contributed by atoms with van der Waals surface area (Å²) < 4.78 is 0. The molecule has 104 valence electrons. The highest BCUT2D eigenvalue weighted by Crippen LogP contribution is 2.33. The Morgan fingerprint density at radius 1 is 1.15 bits per heavy atom. The molecule has 1 aliphatic heterocycles. The van der Waals surface area contributed by atoms with Crippen LogP contribution in [0, 0.1) is 5.92 Å². The normalized spacial score (nSPS) is 24.1. The third-order valence-corrected chi connectivity index (χ3v) is 4.52. The lowest BCUT2D eigenvalue weighted by molar-refractivity contribution is 0.180. The Bertz CT molecular complexity index is 606. The lowest BCUT2D eigenvalue weighted by Crippen LogP contribution is -2.51. The fourth-order valence-corrected chi connectivity index (χ4v) is 3.23. The van der Waals surface area contributed by atoms with E-state index in [4.69, 9.17) is 4.98 Å². The molecule has 3 heteroatoms. The van der Waals surface area contributed by atoms with Gasteiger partial charge >= 0.3 is 0 Å². The Balaban J connectivity index is 1.48. The Kier molecular flexibility index (Phi) is 3.17. The molecule has 0 radical (unpaired) electrons. The highest BCUT2D eigenvalue weighted by Gasteiger charge is 2.33. The molecule has 1 unspecified atom stereocenters. The van der Waals surface area contributed by atoms with Crippen molar-refractivity contribution in [2.75, 3.05) is 19.6 Å². The summed E-state index contributed by atoms with van der Waals surface area (Å²) >= 11 is 0. The van der Waals surface area contributed by atoms with E-state index in [0.29, 0.717) is 6.04 Å². The number of aromatic nitrogens is 1. The van der Waals surface area contributed by atoms with E-state index in [2.05, 4.69) is 46.6 Å². The summed E-state index contributed by atoms with van der Waals surface area (Å²) in [6, 6.07) is 13.4. The molecule has 1 atom stereocenters. The van der Waals surface area contributed by atoms with Crippen molar-refractivity contribution in [3.05, 3.63) is 42.1 Å². The van der Waals surface area contributed by atoms with Gasteiger partial charge in [-0.1, -0.05) is 24.3 Å². The Labute approximate surface area is 120 Å². The number of fused-ring (bicyclic) bond motifs is 1. The van der Waals surface area contributed by atoms with E-state index in [1.807, 2.05) is 0 Å². The van der Waals surface area contributed by atoms with Crippen LogP contribution in [-0.2, 0) is 6.54 Å². The number of nitrogens with one attached hydrogen (secondary N) is 1. The van der Waals surface area contributed by atoms with Gasteiger partial charge in [-0.15, -0.1) is 0 Å². The van der Waals surface area contributed by atoms with Crippen molar-refractivity contribution in [1.82, 2.24) is 15.2 Å². The Morgan fingerprint density at radius 2 is 2.05 bits per heavy atom. The van der Waals surface area contributed by atoms with Crippen LogP contribution >= 0.6 is 0 Å². The van der Waals surface area contributed by atoms with Gasteiger partial charge in [-0.05, 0) is 30.9 Å². The third-order valence-electron chi connectivity index (χ3n) is 4.52. The quantitative estimate of drug-likeness (QED) is 0.925. The number of hydrogen-bond acceptors (Lipinski definition) is 3. The van der Waals surface area contributed by atoms with Crippen LogP contribution in [0.25, 0.3) is 10.9 Å². The van der Waals surface area contributed by atoms with Gasteiger partial charge in [0.2, 0.25) is 0 Å². The van der Waals surface area contributed by atoms with Crippen molar-refractivity contribution in [3.63, 3.8) is 0 Å². The fourth-order valence-electron chi connectivity index (χ4n) is 3.23. The Hall–Kier alpha value is -1.45. The molecule has 2 fully saturated rings. The van der Waals surface area contributed by atoms with Crippen LogP contribution in [0.1, 0.15) is 18.5 Å². The minimum absolute atomic E-state index is 0.712. The van der Waals surface area contributed by atoms with Crippen molar-refractivity contribution in [2.45, 2.75) is 25.4 Å². The van der Waals surface area contributed by atoms with Crippen LogP contribution < -0.4 is 5.32 Å². The number of para-hydroxylation sites is 1. The minimum atomic E-state index is 0.712. The maximum absolute atomic E-state index is 4.79. The number of benzene rings is 1. The summed E-state index contributed by atoms with van der Waals surface area (Å²) in [4.78, 5) is 7.34. The first-order chi connectivity index (χ1) is 9.88. The molecule has 2 aliphatic rings. The molecule has 2 aromatic rings. The fraction of sp³-hybridized carbons (Fsp3) is 0.471. The van der Waals surface area contributed by atoms with Gasteiger partial charge in [-0.2, -0.15) is 0 Å². The van der Waals surface area contributed by atoms with Gasteiger partial charge in [0.25, 0.3) is 0 Å². The maximum atomic E-state index is 4.79. The number of hydrogen-bond donors (Lipinski definition) is 1. The van der Waals surface area contributed by atoms with Gasteiger partial charge in [0, 0.05) is 37.6 Å². The first-order valence-electron chi connectivity index (χ1n) is 7.69. The van der Waals surface area contributed by atoms with Gasteiger partial charge in [0.1, 0.15) is 0 Å². The van der Waals surface area contributed by atoms with Crippen molar-refractivity contribution in [1.29, 1.82) is 0 Å². The molecule has 1 aromatic heterocycles. The largest absolute Gasteiger partial charge is 0.311 e. The van der Waals surface area contributed by atoms with E-state index < -0.39 is 0 Å². The lowest BCUT2D eigenvalue weighted by atomic mass is 10.1. The summed E-state index contributed by atoms with van der Waals surface area (Å²) in [6.45, 7) is 4.42.